The maximum Gasteiger partial charge on any atom is 1.00 e. The Balaban J connectivity index is -0.000000712. The molecule has 11 heteroatoms. The van der Waals surface area contributed by atoms with Crippen molar-refractivity contribution < 1.29 is 49.6 Å². The van der Waals surface area contributed by atoms with E-state index in [0.29, 0.717) is 31.5 Å². The van der Waals surface area contributed by atoms with Crippen molar-refractivity contribution in [3.63, 3.8) is 0 Å². The van der Waals surface area contributed by atoms with Crippen molar-refractivity contribution in [3.05, 3.63) is 0 Å². The van der Waals surface area contributed by atoms with Gasteiger partial charge in [0.15, 0.2) is 17.4 Å². The molecule has 8 aliphatic rings. The Labute approximate surface area is 815 Å². The van der Waals surface area contributed by atoms with Crippen LogP contribution in [-0.2, 0) is 19.1 Å². The van der Waals surface area contributed by atoms with Crippen molar-refractivity contribution in [1.29, 1.82) is 0 Å². The van der Waals surface area contributed by atoms with Crippen LogP contribution < -0.4 is 18.9 Å². The molecular weight excluding hydrogens is 1700 g/mol. The number of ether oxygens (including phenoxy) is 2. The Morgan fingerprint density at radius 2 is 0.361 bits per heavy atom. The van der Waals surface area contributed by atoms with Gasteiger partial charge in [-0.05, 0) is 148 Å². The van der Waals surface area contributed by atoms with Gasteiger partial charge in [-0.25, -0.2) is 0 Å². The summed E-state index contributed by atoms with van der Waals surface area (Å²) in [6.45, 7) is 25.3. The number of aliphatic hydroxyl groups is 2. The molecule has 0 spiro atoms. The summed E-state index contributed by atoms with van der Waals surface area (Å²) in [6, 6.07) is 0. The molecule has 0 aromatic heterocycles. The molecule has 8 rings (SSSR count). The third-order valence-electron chi connectivity index (χ3n) is 28.6. The van der Waals surface area contributed by atoms with E-state index in [1.165, 1.54) is 401 Å². The average Bonchev–Trinajstić information content (AvgIpc) is 1.65. The first kappa shape index (κ1) is 128. The summed E-state index contributed by atoms with van der Waals surface area (Å²) < 4.78 is 9.56. The number of hydrogen-bond donors (Lipinski definition) is 2. The number of aliphatic hydroxyl groups excluding tert-OH is 2. The van der Waals surface area contributed by atoms with Crippen molar-refractivity contribution in [3.8, 4) is 0 Å². The normalized spacial score (nSPS) is 23.8. The second-order valence-electron chi connectivity index (χ2n) is 40.1. The molecule has 8 aliphatic carbocycles. The van der Waals surface area contributed by atoms with Crippen LogP contribution in [0.15, 0.2) is 0 Å². The predicted octanol–water partition coefficient (Wildman–Crippen LogP) is 33.8. The first-order valence-electron chi connectivity index (χ1n) is 54.6. The van der Waals surface area contributed by atoms with E-state index < -0.39 is 0 Å². The van der Waals surface area contributed by atoms with Crippen LogP contribution in [0.1, 0.15) is 560 Å². The van der Waals surface area contributed by atoms with E-state index in [2.05, 4.69) is 110 Å². The standard InChI is InChI=1S/2C32H62.C13H25Br.C9H14O4.C8H18.C6H14.C5H8Br2.C5H10O2.CH4.Al.Li.4H/c2*1-3-5-7-9-11-15-19-23-29-27-31(29)25-21-17-13-14-18-22-26-32-28-30(32)24-20-16-12-10-8-6-4-2;1-2-3-4-5-6-7-8-9-12-10-13(12)11-14;1-3-12-8(10)6-5-7(6)9(11)13-4-2;1-3-5-7-8-6-4-2;1-3-5-6-4-2;2*6-2-4-1-5(4)3-7;;;;;;;/h2*29-32H,3-28H2,1-2H3;12-13H,2-11H2,1H3;6-7H,3-5H2,1-2H3;3-8H2,1-2H3;3-6H2,1-2H3;4-5H,1-3H2;4-7H,1-3H2;1H4;;;;;;/q;;;;;;;;;;+1;;;;-1. The molecule has 122 heavy (non-hydrogen) atoms. The number of carbonyl (C=O) groups excluding carboxylic acids is 2. The molecule has 0 aromatic carbocycles. The van der Waals surface area contributed by atoms with Crippen molar-refractivity contribution in [2.75, 3.05) is 42.4 Å². The Bertz CT molecular complexity index is 1900. The van der Waals surface area contributed by atoms with E-state index in [1.54, 1.807) is 90.9 Å². The third kappa shape index (κ3) is 79.9. The van der Waals surface area contributed by atoms with E-state index in [4.69, 9.17) is 19.7 Å². The number of esters is 2. The summed E-state index contributed by atoms with van der Waals surface area (Å²) in [5.74, 6) is 13.0. The first-order valence-corrected chi connectivity index (χ1v) is 58.0. The SMILES string of the molecule is BrCC1CC1CBr.C.CCCCCC.CCCCCCCC.CCCCCCCCCC1CC1CBr.CCCCCCCCCC1CC1CCCCCCCCC1CC1CCCCCCCCC.CCCCCCCCCC1CC1CCCCCCCCC1CC1CCCCCCCCC.CCOC(=O)C1CC1C(=O)OCC.OCC1CC1CO.[AlH3].[H-].[Li+]. The van der Waals surface area contributed by atoms with Crippen LogP contribution in [0.25, 0.3) is 0 Å². The molecule has 0 heterocycles. The van der Waals surface area contributed by atoms with Crippen LogP contribution in [0.2, 0.25) is 0 Å². The zero-order chi connectivity index (χ0) is 87.1. The average molecular weight is 1930 g/mol. The smallest absolute Gasteiger partial charge is 1.00 e. The van der Waals surface area contributed by atoms with Crippen molar-refractivity contribution in [1.82, 2.24) is 0 Å². The molecule has 8 fully saturated rings. The molecule has 6 nitrogen and oxygen atoms in total. The van der Waals surface area contributed by atoms with Gasteiger partial charge in [-0.2, -0.15) is 0 Å². The van der Waals surface area contributed by atoms with Crippen molar-refractivity contribution in [2.45, 2.75) is 559 Å². The monoisotopic (exact) mass is 1920 g/mol. The minimum absolute atomic E-state index is 0. The summed E-state index contributed by atoms with van der Waals surface area (Å²) in [7, 11) is 0. The molecule has 16 atom stereocenters. The van der Waals surface area contributed by atoms with E-state index in [-0.39, 0.29) is 82.1 Å². The van der Waals surface area contributed by atoms with E-state index in [1.807, 2.05) is 0 Å². The number of rotatable bonds is 75. The van der Waals surface area contributed by atoms with Gasteiger partial charge in [-0.3, -0.25) is 9.59 Å². The Hall–Kier alpha value is 1.43. The first-order chi connectivity index (χ1) is 58.4. The maximum atomic E-state index is 11.1. The van der Waals surface area contributed by atoms with Gasteiger partial charge in [0.1, 0.15) is 0 Å². The van der Waals surface area contributed by atoms with E-state index in [0.717, 1.165) is 77.4 Å². The second kappa shape index (κ2) is 94.2. The van der Waals surface area contributed by atoms with Crippen LogP contribution >= 0.6 is 47.8 Å². The van der Waals surface area contributed by atoms with Gasteiger partial charge in [-0.1, -0.05) is 541 Å². The summed E-state index contributed by atoms with van der Waals surface area (Å²) >= 11 is 10.4. The third-order valence-corrected chi connectivity index (χ3v) is 31.1. The second-order valence-corrected chi connectivity index (χ2v) is 42.1. The number of carbonyl (C=O) groups is 2. The number of halogens is 3. The fourth-order valence-electron chi connectivity index (χ4n) is 18.8. The molecule has 0 saturated heterocycles. The number of unbranched alkanes of at least 4 members (excludes halogenated alkanes) is 48. The van der Waals surface area contributed by atoms with Gasteiger partial charge < -0.3 is 21.1 Å². The van der Waals surface area contributed by atoms with Gasteiger partial charge in [0.05, 0.1) is 25.0 Å². The fraction of sp³-hybridized carbons (Fsp3) is 0.982. The molecule has 726 valence electrons. The van der Waals surface area contributed by atoms with E-state index >= 15 is 0 Å². The fourth-order valence-corrected chi connectivity index (χ4v) is 21.2. The van der Waals surface area contributed by atoms with Gasteiger partial charge in [0.25, 0.3) is 0 Å². The van der Waals surface area contributed by atoms with Gasteiger partial charge in [0, 0.05) is 29.2 Å². The molecule has 0 aliphatic heterocycles. The van der Waals surface area contributed by atoms with Crippen LogP contribution in [0.5, 0.6) is 0 Å². The Morgan fingerprint density at radius 3 is 0.500 bits per heavy atom. The van der Waals surface area contributed by atoms with Gasteiger partial charge in [-0.15, -0.1) is 0 Å². The Kier molecular flexibility index (Phi) is 98.5. The zero-order valence-corrected chi connectivity index (χ0v) is 87.9. The van der Waals surface area contributed by atoms with Crippen molar-refractivity contribution >= 4 is 77.1 Å². The minimum Gasteiger partial charge on any atom is -1.00 e. The molecule has 0 radical (unpaired) electrons. The molecule has 2 N–H and O–H groups in total. The largest absolute Gasteiger partial charge is 1.00 e. The van der Waals surface area contributed by atoms with Crippen LogP contribution in [-0.4, -0.2) is 81.9 Å². The number of alkyl halides is 3. The molecule has 8 saturated carbocycles. The van der Waals surface area contributed by atoms with E-state index in [9.17, 15) is 9.59 Å². The van der Waals surface area contributed by atoms with Crippen LogP contribution in [0, 0.1) is 94.7 Å². The predicted molar refractivity (Wildman–Crippen MR) is 555 cm³/mol. The number of hydrogen-bond acceptors (Lipinski definition) is 6. The Morgan fingerprint density at radius 1 is 0.230 bits per heavy atom. The molecule has 16 unspecified atom stereocenters. The molecule has 0 aromatic rings. The molecule has 0 amide bonds. The summed E-state index contributed by atoms with van der Waals surface area (Å²) in [4.78, 5) is 22.2. The van der Waals surface area contributed by atoms with Crippen LogP contribution in [0.3, 0.4) is 0 Å². The molecular formula is C111H221AlBr3LiO6. The quantitative estimate of drug-likeness (QED) is 0.0273. The van der Waals surface area contributed by atoms with Crippen LogP contribution in [0.4, 0.5) is 0 Å². The summed E-state index contributed by atoms with van der Waals surface area (Å²) in [5, 5.41) is 20.4. The molecule has 0 bridgehead atoms. The van der Waals surface area contributed by atoms with Crippen molar-refractivity contribution in [2.24, 2.45) is 94.7 Å². The summed E-state index contributed by atoms with van der Waals surface area (Å²) in [6.07, 6.45) is 109. The van der Waals surface area contributed by atoms with Gasteiger partial charge in [0.2, 0.25) is 0 Å². The topological polar surface area (TPSA) is 93.1 Å². The van der Waals surface area contributed by atoms with Gasteiger partial charge >= 0.3 is 30.8 Å². The maximum absolute atomic E-state index is 11.1. The minimum atomic E-state index is -0.277. The zero-order valence-electron chi connectivity index (χ0n) is 84.2. The summed E-state index contributed by atoms with van der Waals surface area (Å²) in [5.41, 5.74) is 0.